The molecule has 1 atom stereocenters. The molecule has 0 bridgehead atoms. The molecule has 1 aromatic rings. The lowest BCUT2D eigenvalue weighted by molar-refractivity contribution is -0.385. The number of non-ortho nitro benzene ring substituents is 1. The van der Waals surface area contributed by atoms with E-state index in [9.17, 15) is 23.6 Å². The number of nitrogens with one attached hydrogen (secondary N) is 1. The predicted molar refractivity (Wildman–Crippen MR) is 75.6 cm³/mol. The van der Waals surface area contributed by atoms with Crippen LogP contribution in [0.1, 0.15) is 11.1 Å². The molecule has 0 saturated heterocycles. The Bertz CT molecular complexity index is 629. The quantitative estimate of drug-likeness (QED) is 0.558. The van der Waals surface area contributed by atoms with Gasteiger partial charge in [-0.2, -0.15) is 0 Å². The first-order valence-corrected chi connectivity index (χ1v) is 7.59. The van der Waals surface area contributed by atoms with Gasteiger partial charge in [0.25, 0.3) is 5.69 Å². The van der Waals surface area contributed by atoms with Crippen LogP contribution >= 0.6 is 0 Å². The minimum Gasteiger partial charge on any atom is -0.389 e. The second kappa shape index (κ2) is 6.94. The normalized spacial score (nSPS) is 13.1. The Kier molecular flexibility index (Phi) is 5.78. The number of hydrogen-bond donors (Lipinski definition) is 2. The summed E-state index contributed by atoms with van der Waals surface area (Å²) in [5, 5.41) is 20.3. The first kappa shape index (κ1) is 17.5. The van der Waals surface area contributed by atoms with Crippen LogP contribution in [0.5, 0.6) is 0 Å². The summed E-state index contributed by atoms with van der Waals surface area (Å²) in [4.78, 5) is 10.0. The van der Waals surface area contributed by atoms with Gasteiger partial charge in [0, 0.05) is 25.8 Å². The first-order valence-electron chi connectivity index (χ1n) is 6.11. The fraction of sp³-hybridized carbons (Fsp3) is 0.500. The lowest BCUT2D eigenvalue weighted by Gasteiger charge is -2.13. The maximum atomic E-state index is 12.2. The highest BCUT2D eigenvalue weighted by Crippen LogP contribution is 2.25. The van der Waals surface area contributed by atoms with Gasteiger partial charge in [-0.15, -0.1) is 0 Å². The second-order valence-corrected chi connectivity index (χ2v) is 6.34. The molecule has 0 aliphatic rings. The summed E-state index contributed by atoms with van der Waals surface area (Å²) in [7, 11) is -2.57. The molecule has 9 heteroatoms. The van der Waals surface area contributed by atoms with E-state index < -0.39 is 21.1 Å². The molecule has 0 heterocycles. The average Bonchev–Trinajstić information content (AvgIpc) is 2.39. The van der Waals surface area contributed by atoms with Crippen LogP contribution in [0.4, 0.5) is 5.69 Å². The Morgan fingerprint density at radius 2 is 2.05 bits per heavy atom. The molecular weight excluding hydrogens is 300 g/mol. The van der Waals surface area contributed by atoms with E-state index >= 15 is 0 Å². The summed E-state index contributed by atoms with van der Waals surface area (Å²) in [5.41, 5.74) is 0.632. The average molecular weight is 318 g/mol. The molecule has 0 radical (unpaired) electrons. The molecule has 0 aliphatic heterocycles. The highest BCUT2D eigenvalue weighted by Gasteiger charge is 2.22. The highest BCUT2D eigenvalue weighted by atomic mass is 32.2. The lowest BCUT2D eigenvalue weighted by atomic mass is 10.1. The van der Waals surface area contributed by atoms with Gasteiger partial charge in [-0.25, -0.2) is 13.1 Å². The van der Waals surface area contributed by atoms with Crippen molar-refractivity contribution in [2.24, 2.45) is 0 Å². The number of hydrogen-bond acceptors (Lipinski definition) is 6. The van der Waals surface area contributed by atoms with Gasteiger partial charge in [0.1, 0.15) is 0 Å². The molecule has 21 heavy (non-hydrogen) atoms. The zero-order valence-electron chi connectivity index (χ0n) is 12.0. The van der Waals surface area contributed by atoms with Crippen LogP contribution in [-0.4, -0.2) is 44.8 Å². The van der Waals surface area contributed by atoms with E-state index in [1.165, 1.54) is 13.2 Å². The van der Waals surface area contributed by atoms with Crippen LogP contribution in [0.2, 0.25) is 0 Å². The fourth-order valence-electron chi connectivity index (χ4n) is 1.73. The molecule has 1 unspecified atom stereocenters. The van der Waals surface area contributed by atoms with Crippen LogP contribution < -0.4 is 4.72 Å². The number of nitro groups is 1. The maximum absolute atomic E-state index is 12.2. The van der Waals surface area contributed by atoms with Crippen molar-refractivity contribution in [3.63, 3.8) is 0 Å². The van der Waals surface area contributed by atoms with Crippen molar-refractivity contribution in [3.8, 4) is 0 Å². The number of aryl methyl sites for hydroxylation is 1. The van der Waals surface area contributed by atoms with Gasteiger partial charge in [0.05, 0.1) is 22.5 Å². The molecule has 2 N–H and O–H groups in total. The zero-order valence-corrected chi connectivity index (χ0v) is 12.8. The number of rotatable bonds is 7. The molecule has 0 saturated carbocycles. The Morgan fingerprint density at radius 1 is 1.43 bits per heavy atom. The third kappa shape index (κ3) is 4.46. The number of ether oxygens (including phenoxy) is 1. The van der Waals surface area contributed by atoms with Crippen LogP contribution in [-0.2, 0) is 14.8 Å². The van der Waals surface area contributed by atoms with E-state index in [0.29, 0.717) is 11.1 Å². The third-order valence-corrected chi connectivity index (χ3v) is 4.52. The van der Waals surface area contributed by atoms with Gasteiger partial charge in [0.2, 0.25) is 10.0 Å². The van der Waals surface area contributed by atoms with E-state index in [2.05, 4.69) is 4.72 Å². The molecule has 0 aliphatic carbocycles. The Labute approximate surface area is 122 Å². The largest absolute Gasteiger partial charge is 0.389 e. The van der Waals surface area contributed by atoms with Crippen molar-refractivity contribution in [2.45, 2.75) is 24.8 Å². The maximum Gasteiger partial charge on any atom is 0.271 e. The SMILES string of the molecule is COCC(O)CNS(=O)(=O)c1cc([N+](=O)[O-])cc(C)c1C. The molecule has 1 rings (SSSR count). The molecule has 0 spiro atoms. The van der Waals surface area contributed by atoms with E-state index in [0.717, 1.165) is 6.07 Å². The van der Waals surface area contributed by atoms with Crippen molar-refractivity contribution in [1.29, 1.82) is 0 Å². The molecule has 0 amide bonds. The van der Waals surface area contributed by atoms with Gasteiger partial charge in [-0.1, -0.05) is 0 Å². The van der Waals surface area contributed by atoms with Gasteiger partial charge < -0.3 is 9.84 Å². The van der Waals surface area contributed by atoms with Gasteiger partial charge >= 0.3 is 0 Å². The number of nitrogens with zero attached hydrogens (tertiary/aromatic N) is 1. The number of aliphatic hydroxyl groups excluding tert-OH is 1. The van der Waals surface area contributed by atoms with Crippen LogP contribution in [0.25, 0.3) is 0 Å². The minimum atomic E-state index is -3.95. The van der Waals surface area contributed by atoms with Crippen LogP contribution in [0, 0.1) is 24.0 Å². The first-order chi connectivity index (χ1) is 9.69. The van der Waals surface area contributed by atoms with E-state index in [4.69, 9.17) is 4.74 Å². The molecular formula is C12H18N2O6S. The van der Waals surface area contributed by atoms with E-state index in [-0.39, 0.29) is 23.7 Å². The monoisotopic (exact) mass is 318 g/mol. The minimum absolute atomic E-state index is 0.0184. The zero-order chi connectivity index (χ0) is 16.2. The molecule has 1 aromatic carbocycles. The summed E-state index contributed by atoms with van der Waals surface area (Å²) in [6.45, 7) is 2.91. The Hall–Kier alpha value is -1.55. The number of nitro benzene ring substituents is 1. The Balaban J connectivity index is 3.10. The summed E-state index contributed by atoms with van der Waals surface area (Å²) in [6.07, 6.45) is -0.995. The van der Waals surface area contributed by atoms with E-state index in [1.807, 2.05) is 0 Å². The van der Waals surface area contributed by atoms with Crippen LogP contribution in [0.3, 0.4) is 0 Å². The Morgan fingerprint density at radius 3 is 2.57 bits per heavy atom. The van der Waals surface area contributed by atoms with Gasteiger partial charge in [0.15, 0.2) is 0 Å². The summed E-state index contributed by atoms with van der Waals surface area (Å²) in [6, 6.07) is 2.32. The number of sulfonamides is 1. The summed E-state index contributed by atoms with van der Waals surface area (Å²) in [5.74, 6) is 0. The van der Waals surface area contributed by atoms with Gasteiger partial charge in [-0.05, 0) is 25.0 Å². The second-order valence-electron chi connectivity index (χ2n) is 4.60. The summed E-state index contributed by atoms with van der Waals surface area (Å²) < 4.78 is 31.3. The standard InChI is InChI=1S/C12H18N2O6S/c1-8-4-10(14(16)17)5-12(9(8)2)21(18,19)13-6-11(15)7-20-3/h4-5,11,13,15H,6-7H2,1-3H3. The molecule has 0 aromatic heterocycles. The van der Waals surface area contributed by atoms with E-state index in [1.54, 1.807) is 13.8 Å². The number of aliphatic hydroxyl groups is 1. The van der Waals surface area contributed by atoms with Crippen molar-refractivity contribution >= 4 is 15.7 Å². The van der Waals surface area contributed by atoms with Crippen molar-refractivity contribution in [3.05, 3.63) is 33.4 Å². The molecule has 0 fully saturated rings. The molecule has 8 nitrogen and oxygen atoms in total. The lowest BCUT2D eigenvalue weighted by Crippen LogP contribution is -2.34. The highest BCUT2D eigenvalue weighted by molar-refractivity contribution is 7.89. The number of benzene rings is 1. The summed E-state index contributed by atoms with van der Waals surface area (Å²) >= 11 is 0. The smallest absolute Gasteiger partial charge is 0.271 e. The molecule has 118 valence electrons. The van der Waals surface area contributed by atoms with Crippen molar-refractivity contribution in [1.82, 2.24) is 4.72 Å². The van der Waals surface area contributed by atoms with Gasteiger partial charge in [-0.3, -0.25) is 10.1 Å². The van der Waals surface area contributed by atoms with Crippen molar-refractivity contribution < 1.29 is 23.2 Å². The van der Waals surface area contributed by atoms with Crippen LogP contribution in [0.15, 0.2) is 17.0 Å². The fourth-order valence-corrected chi connectivity index (χ4v) is 3.14. The van der Waals surface area contributed by atoms with Crippen molar-refractivity contribution in [2.75, 3.05) is 20.3 Å². The number of methoxy groups -OCH3 is 1. The third-order valence-electron chi connectivity index (χ3n) is 2.97. The predicted octanol–water partition coefficient (Wildman–Crippen LogP) is 0.497. The topological polar surface area (TPSA) is 119 Å².